The van der Waals surface area contributed by atoms with Crippen LogP contribution in [0.3, 0.4) is 0 Å². The average Bonchev–Trinajstić information content (AvgIpc) is 0.764. The third kappa shape index (κ3) is 18.1. The number of aryl methyl sites for hydroxylation is 2. The summed E-state index contributed by atoms with van der Waals surface area (Å²) in [5.41, 5.74) is 16.4. The van der Waals surface area contributed by atoms with Crippen LogP contribution in [0.4, 0.5) is 28.4 Å². The Kier molecular flexibility index (Phi) is 27.1. The van der Waals surface area contributed by atoms with Crippen LogP contribution in [-0.4, -0.2) is 81.5 Å². The number of benzene rings is 13. The van der Waals surface area contributed by atoms with Crippen LogP contribution in [0, 0.1) is 77.1 Å². The molecule has 0 spiro atoms. The molecule has 0 aromatic heterocycles. The second-order valence-corrected chi connectivity index (χ2v) is 25.3. The predicted octanol–water partition coefficient (Wildman–Crippen LogP) is 21.0. The summed E-state index contributed by atoms with van der Waals surface area (Å²) >= 11 is 0. The van der Waals surface area contributed by atoms with Gasteiger partial charge in [-0.25, -0.2) is 4.85 Å². The first-order valence-corrected chi connectivity index (χ1v) is 32.9. The number of anilines is 4. The molecule has 14 heteroatoms. The molecule has 0 heterocycles. The molecule has 0 saturated heterocycles. The topological polar surface area (TPSA) is 205 Å². The van der Waals surface area contributed by atoms with Crippen LogP contribution in [-0.2, 0) is 0 Å². The Balaban J connectivity index is 0.000000202. The van der Waals surface area contributed by atoms with E-state index in [0.29, 0.717) is 78.7 Å². The molecule has 0 saturated carbocycles. The van der Waals surface area contributed by atoms with Crippen LogP contribution in [0.2, 0.25) is 0 Å². The number of fused-ring (bicyclic) bond motifs is 6. The van der Waals surface area contributed by atoms with E-state index in [1.807, 2.05) is 214 Å². The van der Waals surface area contributed by atoms with Gasteiger partial charge in [0.1, 0.15) is 55.5 Å². The van der Waals surface area contributed by atoms with Gasteiger partial charge in [-0.2, -0.15) is 26.3 Å². The monoisotopic (exact) mass is 1390 g/mol. The van der Waals surface area contributed by atoms with Gasteiger partial charge < -0.3 is 19.6 Å². The summed E-state index contributed by atoms with van der Waals surface area (Å²) in [6.07, 6.45) is 11.3. The van der Waals surface area contributed by atoms with Crippen LogP contribution in [0.25, 0.3) is 93.8 Å². The Hall–Kier alpha value is -14.3. The summed E-state index contributed by atoms with van der Waals surface area (Å²) in [5.74, 6) is 0. The van der Waals surface area contributed by atoms with Crippen molar-refractivity contribution < 1.29 is 19.2 Å². The normalized spacial score (nSPS) is 10.2. The fourth-order valence-corrected chi connectivity index (χ4v) is 11.9. The summed E-state index contributed by atoms with van der Waals surface area (Å²) < 4.78 is 0. The lowest BCUT2D eigenvalue weighted by Crippen LogP contribution is -2.08. The van der Waals surface area contributed by atoms with Crippen molar-refractivity contribution in [1.29, 1.82) is 26.3 Å². The molecule has 13 aromatic carbocycles. The molecular weight excluding hydrogens is 1310 g/mol. The quantitative estimate of drug-likeness (QED) is 0.0484. The number of rotatable bonds is 12. The van der Waals surface area contributed by atoms with Crippen LogP contribution < -0.4 is 19.6 Å². The highest BCUT2D eigenvalue weighted by atomic mass is 16.1. The molecule has 0 radical (unpaired) electrons. The van der Waals surface area contributed by atoms with Crippen molar-refractivity contribution in [2.24, 2.45) is 0 Å². The standard InChI is InChI=1S/C36H30N4.C18H8N2O2.C18H12N2.2C9H11NO.2CH4/c1-38-36-32-21-15-27(8-6-25-10-16-29(17-11-25)39(2)3)22-33(32)35(24-37)31-20-14-28(23-34(31)36)9-7-26-12-18-30(19-13-26)40(4)5;19-7-17-13-3-1-11(9-21)5-15(13)18(8-20)14-4-2-12(10-22)6-16(14)17;1-11-3-5-13-15(7-11)17(9-19)14-6-4-12(2)8-16(14)18(13)10-20;2*1-10(2)9-5-3-8(7-11)4-6-9;;/h6-23H,2-5H3;1-6,9-10H;3-8H,1-2H3;2*3-7H,1-2H3;2*1H4. The second-order valence-electron chi connectivity index (χ2n) is 25.3. The van der Waals surface area contributed by atoms with E-state index in [2.05, 4.69) is 106 Å². The highest BCUT2D eigenvalue weighted by molar-refractivity contribution is 6.17. The van der Waals surface area contributed by atoms with Crippen LogP contribution in [0.15, 0.2) is 206 Å². The third-order valence-corrected chi connectivity index (χ3v) is 17.5. The van der Waals surface area contributed by atoms with Crippen LogP contribution in [0.5, 0.6) is 0 Å². The first-order chi connectivity index (χ1) is 50.2. The Morgan fingerprint density at radius 2 is 0.491 bits per heavy atom. The zero-order valence-corrected chi connectivity index (χ0v) is 59.4. The molecule has 106 heavy (non-hydrogen) atoms. The lowest BCUT2D eigenvalue weighted by Gasteiger charge is -2.12. The van der Waals surface area contributed by atoms with E-state index >= 15 is 0 Å². The molecule has 0 N–H and O–H groups in total. The molecule has 0 aliphatic rings. The SMILES string of the molecule is C.C.CN(C)c1ccc(C=O)cc1.CN(C)c1ccc(C=O)cc1.Cc1ccc2c(C#N)c3cc(C)ccc3c(C#N)c2c1.N#Cc1c2ccc(C=O)cc2c(C#N)c2ccc(C=O)cc12.[C-]#[N+]c1c2ccc(C=Cc3ccc(N(C)C)cc3)cc2c(C#N)c2ccc(C=Cc3ccc(N(C)C)cc3)cc12. The zero-order chi connectivity index (χ0) is 74.7. The Morgan fingerprint density at radius 1 is 0.274 bits per heavy atom. The zero-order valence-electron chi connectivity index (χ0n) is 59.4. The Bertz CT molecular complexity index is 5430. The molecule has 0 bridgehead atoms. The van der Waals surface area contributed by atoms with Crippen molar-refractivity contribution in [3.05, 3.63) is 301 Å². The smallest absolute Gasteiger partial charge is 0.202 e. The maximum Gasteiger partial charge on any atom is 0.202 e. The molecule has 522 valence electrons. The molecule has 0 amide bonds. The number of carbonyl (C=O) groups excluding carboxylic acids is 4. The number of carbonyl (C=O) groups is 4. The third-order valence-electron chi connectivity index (χ3n) is 17.5. The van der Waals surface area contributed by atoms with Crippen molar-refractivity contribution in [3.8, 4) is 30.3 Å². The molecule has 0 aliphatic carbocycles. The number of aldehydes is 4. The molecular formula is C92H80N10O4. The Morgan fingerprint density at radius 3 is 0.774 bits per heavy atom. The fourth-order valence-electron chi connectivity index (χ4n) is 11.9. The first-order valence-electron chi connectivity index (χ1n) is 32.9. The summed E-state index contributed by atoms with van der Waals surface area (Å²) in [4.78, 5) is 54.5. The van der Waals surface area contributed by atoms with E-state index in [9.17, 15) is 45.5 Å². The summed E-state index contributed by atoms with van der Waals surface area (Å²) in [5, 5.41) is 57.2. The predicted molar refractivity (Wildman–Crippen MR) is 440 cm³/mol. The van der Waals surface area contributed by atoms with Gasteiger partial charge in [0, 0.05) is 144 Å². The van der Waals surface area contributed by atoms with Crippen molar-refractivity contribution in [2.75, 3.05) is 76.0 Å². The molecule has 13 rings (SSSR count). The van der Waals surface area contributed by atoms with Crippen LogP contribution in [0.1, 0.15) is 117 Å². The molecule has 0 unspecified atom stereocenters. The lowest BCUT2D eigenvalue weighted by atomic mass is 9.91. The minimum absolute atomic E-state index is 0. The number of nitrogens with zero attached hydrogens (tertiary/aromatic N) is 10. The van der Waals surface area contributed by atoms with E-state index < -0.39 is 0 Å². The summed E-state index contributed by atoms with van der Waals surface area (Å²) in [7, 11) is 16.0. The van der Waals surface area contributed by atoms with E-state index in [1.165, 1.54) is 0 Å². The fraction of sp³-hybridized carbons (Fsp3) is 0.130. The highest BCUT2D eigenvalue weighted by Gasteiger charge is 2.18. The van der Waals surface area contributed by atoms with Crippen LogP contribution >= 0.6 is 0 Å². The van der Waals surface area contributed by atoms with E-state index in [-0.39, 0.29) is 14.9 Å². The van der Waals surface area contributed by atoms with Crippen molar-refractivity contribution in [1.82, 2.24) is 0 Å². The van der Waals surface area contributed by atoms with Gasteiger partial charge in [-0.3, -0.25) is 19.2 Å². The van der Waals surface area contributed by atoms with Gasteiger partial charge >= 0.3 is 0 Å². The Labute approximate surface area is 620 Å². The van der Waals surface area contributed by atoms with Gasteiger partial charge in [0.05, 0.1) is 34.4 Å². The van der Waals surface area contributed by atoms with Gasteiger partial charge in [-0.1, -0.05) is 166 Å². The van der Waals surface area contributed by atoms with Crippen molar-refractivity contribution in [2.45, 2.75) is 28.7 Å². The number of hydrogen-bond donors (Lipinski definition) is 0. The van der Waals surface area contributed by atoms with E-state index in [4.69, 9.17) is 6.57 Å². The molecule has 0 fully saturated rings. The van der Waals surface area contributed by atoms with E-state index in [0.717, 1.165) is 123 Å². The largest absolute Gasteiger partial charge is 0.378 e. The minimum Gasteiger partial charge on any atom is -0.378 e. The molecule has 13 aromatic rings. The maximum atomic E-state index is 11.0. The van der Waals surface area contributed by atoms with Gasteiger partial charge in [-0.15, -0.1) is 0 Å². The van der Waals surface area contributed by atoms with Gasteiger partial charge in [-0.05, 0) is 149 Å². The first kappa shape index (κ1) is 79.1. The molecule has 0 aliphatic heterocycles. The van der Waals surface area contributed by atoms with Gasteiger partial charge in [0.25, 0.3) is 0 Å². The summed E-state index contributed by atoms with van der Waals surface area (Å²) in [6.45, 7) is 12.0. The average molecular weight is 1390 g/mol. The highest BCUT2D eigenvalue weighted by Crippen LogP contribution is 2.41. The lowest BCUT2D eigenvalue weighted by molar-refractivity contribution is 0.111. The number of hydrogen-bond acceptors (Lipinski definition) is 13. The minimum atomic E-state index is 0. The maximum absolute atomic E-state index is 11.0. The van der Waals surface area contributed by atoms with E-state index in [1.54, 1.807) is 36.4 Å². The molecule has 0 atom stereocenters. The van der Waals surface area contributed by atoms with Crippen molar-refractivity contribution >= 4 is 143 Å². The van der Waals surface area contributed by atoms with Gasteiger partial charge in [0.2, 0.25) is 5.69 Å². The number of nitriles is 5. The second kappa shape index (κ2) is 36.4. The van der Waals surface area contributed by atoms with Crippen molar-refractivity contribution in [3.63, 3.8) is 0 Å². The van der Waals surface area contributed by atoms with Gasteiger partial charge in [0.15, 0.2) is 0 Å². The molecule has 14 nitrogen and oxygen atoms in total. The summed E-state index contributed by atoms with van der Waals surface area (Å²) in [6, 6.07) is 76.4.